The van der Waals surface area contributed by atoms with Gasteiger partial charge in [0, 0.05) is 29.9 Å². The average molecular weight is 422 g/mol. The normalized spacial score (nSPS) is 16.4. The molecule has 30 heavy (non-hydrogen) atoms. The third kappa shape index (κ3) is 3.53. The number of hydrogen-bond donors (Lipinski definition) is 1. The number of aromatic nitrogens is 2. The summed E-state index contributed by atoms with van der Waals surface area (Å²) in [4.78, 5) is 4.12. The number of hydrogen-bond acceptors (Lipinski definition) is 3. The zero-order valence-electron chi connectivity index (χ0n) is 16.6. The Morgan fingerprint density at radius 1 is 1.20 bits per heavy atom. The van der Waals surface area contributed by atoms with Crippen molar-refractivity contribution in [3.05, 3.63) is 59.7 Å². The molecular formula is C22H22F4N2O2. The van der Waals surface area contributed by atoms with Gasteiger partial charge in [-0.3, -0.25) is 4.98 Å². The molecule has 1 unspecified atom stereocenters. The zero-order chi connectivity index (χ0) is 21.7. The number of ether oxygens (including phenoxy) is 1. The van der Waals surface area contributed by atoms with Crippen LogP contribution in [0.2, 0.25) is 0 Å². The van der Waals surface area contributed by atoms with Crippen molar-refractivity contribution < 1.29 is 27.4 Å². The van der Waals surface area contributed by atoms with Crippen LogP contribution in [0.1, 0.15) is 31.4 Å². The van der Waals surface area contributed by atoms with Crippen LogP contribution in [0.15, 0.2) is 42.7 Å². The summed E-state index contributed by atoms with van der Waals surface area (Å²) in [5, 5.41) is 10.9. The first-order chi connectivity index (χ1) is 14.0. The molecule has 1 N–H and O–H groups in total. The van der Waals surface area contributed by atoms with Crippen LogP contribution in [0, 0.1) is 5.82 Å². The number of pyridine rings is 1. The van der Waals surface area contributed by atoms with Crippen molar-refractivity contribution in [3.63, 3.8) is 0 Å². The topological polar surface area (TPSA) is 47.3 Å². The Morgan fingerprint density at radius 3 is 2.70 bits per heavy atom. The van der Waals surface area contributed by atoms with Crippen molar-refractivity contribution in [2.45, 2.75) is 50.4 Å². The van der Waals surface area contributed by atoms with Crippen LogP contribution >= 0.6 is 0 Å². The smallest absolute Gasteiger partial charge is 0.418 e. The Hall–Kier alpha value is -2.61. The van der Waals surface area contributed by atoms with Gasteiger partial charge >= 0.3 is 6.18 Å². The number of rotatable bonds is 5. The molecule has 4 rings (SSSR count). The van der Waals surface area contributed by atoms with Crippen molar-refractivity contribution in [1.82, 2.24) is 9.55 Å². The molecule has 160 valence electrons. The van der Waals surface area contributed by atoms with Crippen LogP contribution < -0.4 is 4.74 Å². The van der Waals surface area contributed by atoms with Crippen LogP contribution in [0.25, 0.3) is 11.0 Å². The molecule has 3 heterocycles. The molecule has 0 spiro atoms. The summed E-state index contributed by atoms with van der Waals surface area (Å²) >= 11 is 0. The summed E-state index contributed by atoms with van der Waals surface area (Å²) in [5.41, 5.74) is -2.25. The van der Waals surface area contributed by atoms with Gasteiger partial charge in [-0.2, -0.15) is 13.2 Å². The second-order valence-corrected chi connectivity index (χ2v) is 8.48. The number of fused-ring (bicyclic) bond motifs is 2. The highest BCUT2D eigenvalue weighted by Gasteiger charge is 2.56. The van der Waals surface area contributed by atoms with Crippen LogP contribution in [0.3, 0.4) is 0 Å². The largest absolute Gasteiger partial charge is 0.493 e. The molecule has 0 radical (unpaired) electrons. The van der Waals surface area contributed by atoms with Crippen molar-refractivity contribution in [3.8, 4) is 5.75 Å². The average Bonchev–Trinajstić information content (AvgIpc) is 3.26. The Balaban J connectivity index is 1.73. The van der Waals surface area contributed by atoms with Crippen LogP contribution in [-0.4, -0.2) is 33.0 Å². The van der Waals surface area contributed by atoms with E-state index >= 15 is 0 Å². The Kier molecular flexibility index (Phi) is 4.80. The summed E-state index contributed by atoms with van der Waals surface area (Å²) < 4.78 is 63.4. The first-order valence-corrected chi connectivity index (χ1v) is 9.65. The molecule has 0 bridgehead atoms. The zero-order valence-corrected chi connectivity index (χ0v) is 16.6. The molecule has 0 aliphatic carbocycles. The van der Waals surface area contributed by atoms with Crippen molar-refractivity contribution in [2.24, 2.45) is 0 Å². The van der Waals surface area contributed by atoms with Gasteiger partial charge in [0.1, 0.15) is 11.6 Å². The van der Waals surface area contributed by atoms with E-state index in [2.05, 4.69) is 4.98 Å². The lowest BCUT2D eigenvalue weighted by atomic mass is 9.74. The summed E-state index contributed by atoms with van der Waals surface area (Å²) in [7, 11) is 0. The number of benzene rings is 1. The molecule has 1 aliphatic rings. The fourth-order valence-electron chi connectivity index (χ4n) is 4.28. The van der Waals surface area contributed by atoms with E-state index in [1.807, 2.05) is 0 Å². The van der Waals surface area contributed by atoms with E-state index in [4.69, 9.17) is 4.74 Å². The van der Waals surface area contributed by atoms with Crippen molar-refractivity contribution in [1.29, 1.82) is 0 Å². The van der Waals surface area contributed by atoms with Gasteiger partial charge < -0.3 is 14.4 Å². The lowest BCUT2D eigenvalue weighted by molar-refractivity contribution is -0.271. The second kappa shape index (κ2) is 6.97. The fourth-order valence-corrected chi connectivity index (χ4v) is 4.28. The molecule has 8 heteroatoms. The van der Waals surface area contributed by atoms with Crippen molar-refractivity contribution in [2.75, 3.05) is 6.61 Å². The lowest BCUT2D eigenvalue weighted by Crippen LogP contribution is -2.52. The van der Waals surface area contributed by atoms with Gasteiger partial charge in [0.15, 0.2) is 5.60 Å². The van der Waals surface area contributed by atoms with Gasteiger partial charge in [-0.1, -0.05) is 13.8 Å². The van der Waals surface area contributed by atoms with E-state index in [0.717, 1.165) is 0 Å². The minimum Gasteiger partial charge on any atom is -0.493 e. The first kappa shape index (κ1) is 20.7. The molecule has 1 aliphatic heterocycles. The predicted molar refractivity (Wildman–Crippen MR) is 104 cm³/mol. The van der Waals surface area contributed by atoms with E-state index in [0.29, 0.717) is 40.9 Å². The van der Waals surface area contributed by atoms with Crippen molar-refractivity contribution >= 4 is 11.0 Å². The van der Waals surface area contributed by atoms with Gasteiger partial charge in [-0.15, -0.1) is 0 Å². The maximum absolute atomic E-state index is 14.1. The van der Waals surface area contributed by atoms with Crippen LogP contribution in [0.5, 0.6) is 5.75 Å². The highest BCUT2D eigenvalue weighted by Crippen LogP contribution is 2.46. The molecule has 2 aromatic heterocycles. The lowest BCUT2D eigenvalue weighted by Gasteiger charge is -2.38. The maximum atomic E-state index is 14.1. The molecule has 3 aromatic rings. The molecule has 0 saturated carbocycles. The number of alkyl halides is 3. The third-order valence-corrected chi connectivity index (χ3v) is 5.71. The first-order valence-electron chi connectivity index (χ1n) is 9.65. The van der Waals surface area contributed by atoms with Gasteiger partial charge in [-0.05, 0) is 42.2 Å². The minimum atomic E-state index is -4.90. The van der Waals surface area contributed by atoms with Crippen LogP contribution in [0.4, 0.5) is 17.6 Å². The number of halogens is 4. The van der Waals surface area contributed by atoms with Gasteiger partial charge in [0.05, 0.1) is 24.2 Å². The predicted octanol–water partition coefficient (Wildman–Crippen LogP) is 4.77. The highest BCUT2D eigenvalue weighted by atomic mass is 19.4. The summed E-state index contributed by atoms with van der Waals surface area (Å²) in [6.45, 7) is 2.78. The van der Waals surface area contributed by atoms with Gasteiger partial charge in [0.25, 0.3) is 0 Å². The highest BCUT2D eigenvalue weighted by molar-refractivity contribution is 5.75. The Bertz CT molecular complexity index is 1090. The molecule has 1 atom stereocenters. The molecule has 4 nitrogen and oxygen atoms in total. The molecule has 0 fully saturated rings. The molecule has 0 saturated heterocycles. The Morgan fingerprint density at radius 2 is 1.97 bits per heavy atom. The summed E-state index contributed by atoms with van der Waals surface area (Å²) in [6, 6.07) is 7.43. The molecular weight excluding hydrogens is 400 g/mol. The van der Waals surface area contributed by atoms with E-state index in [1.165, 1.54) is 22.9 Å². The van der Waals surface area contributed by atoms with E-state index in [1.54, 1.807) is 38.2 Å². The van der Waals surface area contributed by atoms with Crippen LogP contribution in [-0.2, 0) is 18.4 Å². The van der Waals surface area contributed by atoms with E-state index in [-0.39, 0.29) is 0 Å². The molecule has 0 amide bonds. The number of aliphatic hydroxyl groups is 1. The maximum Gasteiger partial charge on any atom is 0.418 e. The quantitative estimate of drug-likeness (QED) is 0.603. The number of nitrogens with zero attached hydrogens (tertiary/aromatic N) is 2. The monoisotopic (exact) mass is 422 g/mol. The standard InChI is InChI=1S/C22H22F4N2O2/c1-20(2,16-11-15(23)10-14-6-9-30-19(14)16)12-21(29,22(24,25)26)13-28-8-5-17-18(28)4-3-7-27-17/h3-5,7-8,10-11,29H,6,9,12-13H2,1-2H3. The summed E-state index contributed by atoms with van der Waals surface area (Å²) in [6.07, 6.45) is -2.04. The second-order valence-electron chi connectivity index (χ2n) is 8.48. The fraction of sp³-hybridized carbons (Fsp3) is 0.409. The SMILES string of the molecule is CC(C)(CC(O)(Cn1ccc2ncccc21)C(F)(F)F)c1cc(F)cc2c1OCC2. The van der Waals surface area contributed by atoms with E-state index in [9.17, 15) is 22.7 Å². The third-order valence-electron chi connectivity index (χ3n) is 5.71. The van der Waals surface area contributed by atoms with Gasteiger partial charge in [0.2, 0.25) is 0 Å². The minimum absolute atomic E-state index is 0.330. The Labute approximate surface area is 171 Å². The molecule has 1 aromatic carbocycles. The van der Waals surface area contributed by atoms with E-state index < -0.39 is 36.0 Å². The van der Waals surface area contributed by atoms with Gasteiger partial charge in [-0.25, -0.2) is 4.39 Å². The summed E-state index contributed by atoms with van der Waals surface area (Å²) in [5.74, 6) is -0.109.